The summed E-state index contributed by atoms with van der Waals surface area (Å²) in [7, 11) is 0. The zero-order valence-corrected chi connectivity index (χ0v) is 9.20. The third kappa shape index (κ3) is 1.84. The summed E-state index contributed by atoms with van der Waals surface area (Å²) in [6.07, 6.45) is 5.57. The number of aliphatic carboxylic acids is 1. The lowest BCUT2D eigenvalue weighted by molar-refractivity contribution is -0.138. The highest BCUT2D eigenvalue weighted by Crippen LogP contribution is 2.39. The molecule has 0 aliphatic heterocycles. The molecular weight excluding hydrogens is 204 g/mol. The van der Waals surface area contributed by atoms with Crippen LogP contribution in [0.5, 0.6) is 0 Å². The number of carboxylic acids is 1. The minimum Gasteiger partial charge on any atom is -0.481 e. The third-order valence-corrected chi connectivity index (χ3v) is 3.59. The van der Waals surface area contributed by atoms with Gasteiger partial charge in [-0.1, -0.05) is 0 Å². The van der Waals surface area contributed by atoms with Crippen molar-refractivity contribution >= 4 is 5.97 Å². The average Bonchev–Trinajstić information content (AvgIpc) is 2.98. The second-order valence-corrected chi connectivity index (χ2v) is 5.03. The lowest BCUT2D eigenvalue weighted by Gasteiger charge is -2.19. The first kappa shape index (κ1) is 9.87. The SMILES string of the molecule is O=C(O)CC1CCc2nc(C3CC3)[nH]c2C1. The van der Waals surface area contributed by atoms with Crippen molar-refractivity contribution in [1.82, 2.24) is 9.97 Å². The fraction of sp³-hybridized carbons (Fsp3) is 0.667. The van der Waals surface area contributed by atoms with Crippen molar-refractivity contribution in [1.29, 1.82) is 0 Å². The summed E-state index contributed by atoms with van der Waals surface area (Å²) in [6.45, 7) is 0. The molecule has 3 rings (SSSR count). The van der Waals surface area contributed by atoms with Crippen molar-refractivity contribution in [2.24, 2.45) is 5.92 Å². The van der Waals surface area contributed by atoms with E-state index in [0.29, 0.717) is 5.92 Å². The summed E-state index contributed by atoms with van der Waals surface area (Å²) in [5.41, 5.74) is 2.38. The van der Waals surface area contributed by atoms with Crippen LogP contribution in [0.1, 0.15) is 48.8 Å². The monoisotopic (exact) mass is 220 g/mol. The van der Waals surface area contributed by atoms with Crippen LogP contribution >= 0.6 is 0 Å². The van der Waals surface area contributed by atoms with E-state index in [1.807, 2.05) is 0 Å². The largest absolute Gasteiger partial charge is 0.481 e. The molecular formula is C12H16N2O2. The second kappa shape index (κ2) is 3.61. The number of nitrogens with one attached hydrogen (secondary N) is 1. The normalized spacial score (nSPS) is 24.1. The van der Waals surface area contributed by atoms with Gasteiger partial charge in [0.25, 0.3) is 0 Å². The first-order valence-corrected chi connectivity index (χ1v) is 6.02. The standard InChI is InChI=1S/C12H16N2O2/c15-11(16)6-7-1-4-9-10(5-7)14-12(13-9)8-2-3-8/h7-8H,1-6H2,(H,13,14)(H,15,16). The molecule has 0 spiro atoms. The number of H-pyrrole nitrogens is 1. The summed E-state index contributed by atoms with van der Waals surface area (Å²) in [5, 5.41) is 8.79. The van der Waals surface area contributed by atoms with Gasteiger partial charge in [-0.2, -0.15) is 0 Å². The fourth-order valence-corrected chi connectivity index (χ4v) is 2.55. The average molecular weight is 220 g/mol. The molecule has 86 valence electrons. The molecule has 2 aliphatic carbocycles. The molecule has 0 amide bonds. The molecule has 1 aromatic rings. The van der Waals surface area contributed by atoms with Crippen molar-refractivity contribution in [2.75, 3.05) is 0 Å². The number of rotatable bonds is 3. The first-order chi connectivity index (χ1) is 7.72. The summed E-state index contributed by atoms with van der Waals surface area (Å²) in [4.78, 5) is 18.7. The summed E-state index contributed by atoms with van der Waals surface area (Å²) in [6, 6.07) is 0. The van der Waals surface area contributed by atoms with Gasteiger partial charge in [0, 0.05) is 18.0 Å². The number of hydrogen-bond donors (Lipinski definition) is 2. The van der Waals surface area contributed by atoms with Gasteiger partial charge in [0.2, 0.25) is 0 Å². The molecule has 2 aliphatic rings. The minimum atomic E-state index is -0.685. The number of nitrogens with zero attached hydrogens (tertiary/aromatic N) is 1. The number of aryl methyl sites for hydroxylation is 1. The molecule has 1 atom stereocenters. The van der Waals surface area contributed by atoms with E-state index < -0.39 is 5.97 Å². The lowest BCUT2D eigenvalue weighted by Crippen LogP contribution is -2.17. The molecule has 16 heavy (non-hydrogen) atoms. The third-order valence-electron chi connectivity index (χ3n) is 3.59. The van der Waals surface area contributed by atoms with E-state index in [2.05, 4.69) is 9.97 Å². The minimum absolute atomic E-state index is 0.289. The van der Waals surface area contributed by atoms with E-state index in [0.717, 1.165) is 25.1 Å². The summed E-state index contributed by atoms with van der Waals surface area (Å²) >= 11 is 0. The Morgan fingerprint density at radius 2 is 2.25 bits per heavy atom. The van der Waals surface area contributed by atoms with Crippen molar-refractivity contribution < 1.29 is 9.90 Å². The molecule has 1 unspecified atom stereocenters. The van der Waals surface area contributed by atoms with E-state index >= 15 is 0 Å². The van der Waals surface area contributed by atoms with Crippen LogP contribution in [0.15, 0.2) is 0 Å². The van der Waals surface area contributed by atoms with E-state index in [1.54, 1.807) is 0 Å². The molecule has 0 bridgehead atoms. The van der Waals surface area contributed by atoms with Crippen LogP contribution in [0.3, 0.4) is 0 Å². The number of hydrogen-bond acceptors (Lipinski definition) is 2. The topological polar surface area (TPSA) is 66.0 Å². The Balaban J connectivity index is 1.74. The number of fused-ring (bicyclic) bond motifs is 1. The number of carboxylic acid groups (broad SMARTS) is 1. The van der Waals surface area contributed by atoms with Crippen LogP contribution in [0, 0.1) is 5.92 Å². The molecule has 0 aromatic carbocycles. The van der Waals surface area contributed by atoms with Gasteiger partial charge in [-0.25, -0.2) is 4.98 Å². The van der Waals surface area contributed by atoms with Gasteiger partial charge < -0.3 is 10.1 Å². The highest BCUT2D eigenvalue weighted by atomic mass is 16.4. The Morgan fingerprint density at radius 1 is 1.44 bits per heavy atom. The number of carbonyl (C=O) groups is 1. The molecule has 2 N–H and O–H groups in total. The van der Waals surface area contributed by atoms with Gasteiger partial charge in [0.1, 0.15) is 5.82 Å². The van der Waals surface area contributed by atoms with Crippen molar-refractivity contribution in [2.45, 2.75) is 44.4 Å². The predicted molar refractivity (Wildman–Crippen MR) is 58.3 cm³/mol. The summed E-state index contributed by atoms with van der Waals surface area (Å²) < 4.78 is 0. The van der Waals surface area contributed by atoms with Crippen LogP contribution in [-0.4, -0.2) is 21.0 Å². The van der Waals surface area contributed by atoms with Gasteiger partial charge in [0.15, 0.2) is 0 Å². The molecule has 0 radical (unpaired) electrons. The van der Waals surface area contributed by atoms with Gasteiger partial charge in [-0.05, 0) is 38.0 Å². The van der Waals surface area contributed by atoms with E-state index in [1.165, 1.54) is 24.2 Å². The molecule has 4 heteroatoms. The van der Waals surface area contributed by atoms with Crippen LogP contribution in [-0.2, 0) is 17.6 Å². The maximum atomic E-state index is 10.7. The zero-order chi connectivity index (χ0) is 11.1. The quantitative estimate of drug-likeness (QED) is 0.817. The van der Waals surface area contributed by atoms with Crippen LogP contribution in [0.2, 0.25) is 0 Å². The summed E-state index contributed by atoms with van der Waals surface area (Å²) in [5.74, 6) is 1.40. The van der Waals surface area contributed by atoms with Gasteiger partial charge >= 0.3 is 5.97 Å². The predicted octanol–water partition coefficient (Wildman–Crippen LogP) is 1.87. The van der Waals surface area contributed by atoms with Crippen molar-refractivity contribution in [3.63, 3.8) is 0 Å². The van der Waals surface area contributed by atoms with Gasteiger partial charge in [-0.15, -0.1) is 0 Å². The van der Waals surface area contributed by atoms with Crippen LogP contribution < -0.4 is 0 Å². The molecule has 1 saturated carbocycles. The Hall–Kier alpha value is -1.32. The van der Waals surface area contributed by atoms with Gasteiger partial charge in [-0.3, -0.25) is 4.79 Å². The molecule has 1 fully saturated rings. The maximum absolute atomic E-state index is 10.7. The Kier molecular flexibility index (Phi) is 2.23. The molecule has 1 aromatic heterocycles. The second-order valence-electron chi connectivity index (χ2n) is 5.03. The zero-order valence-electron chi connectivity index (χ0n) is 9.20. The van der Waals surface area contributed by atoms with Crippen LogP contribution in [0.25, 0.3) is 0 Å². The number of aromatic nitrogens is 2. The Morgan fingerprint density at radius 3 is 2.94 bits per heavy atom. The smallest absolute Gasteiger partial charge is 0.303 e. The fourth-order valence-electron chi connectivity index (χ4n) is 2.55. The van der Waals surface area contributed by atoms with E-state index in [-0.39, 0.29) is 12.3 Å². The Labute approximate surface area is 94.1 Å². The lowest BCUT2D eigenvalue weighted by atomic mass is 9.87. The van der Waals surface area contributed by atoms with E-state index in [4.69, 9.17) is 5.11 Å². The van der Waals surface area contributed by atoms with E-state index in [9.17, 15) is 4.79 Å². The molecule has 0 saturated heterocycles. The maximum Gasteiger partial charge on any atom is 0.303 e. The number of imidazole rings is 1. The van der Waals surface area contributed by atoms with Crippen molar-refractivity contribution in [3.8, 4) is 0 Å². The van der Waals surface area contributed by atoms with Gasteiger partial charge in [0.05, 0.1) is 5.69 Å². The highest BCUT2D eigenvalue weighted by Gasteiger charge is 2.30. The Bertz CT molecular complexity index is 421. The molecule has 4 nitrogen and oxygen atoms in total. The highest BCUT2D eigenvalue weighted by molar-refractivity contribution is 5.67. The number of aromatic amines is 1. The van der Waals surface area contributed by atoms with Crippen molar-refractivity contribution in [3.05, 3.63) is 17.2 Å². The van der Waals surface area contributed by atoms with Crippen LogP contribution in [0.4, 0.5) is 0 Å². The molecule has 1 heterocycles. The first-order valence-electron chi connectivity index (χ1n) is 6.02.